The van der Waals surface area contributed by atoms with E-state index in [9.17, 15) is 9.59 Å². The van der Waals surface area contributed by atoms with E-state index in [1.165, 1.54) is 0 Å². The van der Waals surface area contributed by atoms with Crippen molar-refractivity contribution >= 4 is 23.3 Å². The average molecular weight is 492 g/mol. The first-order chi connectivity index (χ1) is 16.6. The molecule has 0 heterocycles. The summed E-state index contributed by atoms with van der Waals surface area (Å²) in [6.45, 7) is 15.1. The Balaban J connectivity index is 2.89. The van der Waals surface area contributed by atoms with Gasteiger partial charge in [-0.05, 0) is 63.0 Å². The van der Waals surface area contributed by atoms with Gasteiger partial charge in [-0.15, -0.1) is 0 Å². The average Bonchev–Trinajstić information content (AvgIpc) is 2.77. The van der Waals surface area contributed by atoms with Gasteiger partial charge in [0.2, 0.25) is 0 Å². The number of nitrogens with zero attached hydrogens (tertiary/aromatic N) is 2. The van der Waals surface area contributed by atoms with Crippen molar-refractivity contribution in [1.29, 1.82) is 5.53 Å². The van der Waals surface area contributed by atoms with Crippen LogP contribution in [-0.2, 0) is 19.1 Å². The van der Waals surface area contributed by atoms with E-state index in [1.807, 2.05) is 12.1 Å². The molecule has 0 bridgehead atoms. The Labute approximate surface area is 211 Å². The number of hydrogen-bond acceptors (Lipinski definition) is 8. The van der Waals surface area contributed by atoms with Gasteiger partial charge in [-0.3, -0.25) is 9.59 Å². The minimum atomic E-state index is -0.212. The topological polar surface area (TPSA) is 101 Å². The largest absolute Gasteiger partial charge is 0.491 e. The SMILES string of the molecule is CCOC(=O)CCCN(CCCC(=O)OCC)c1ccc(N=N)c(OCCC(C)CC(C)(C)C)c1. The number of ether oxygens (including phenoxy) is 3. The molecule has 0 fully saturated rings. The lowest BCUT2D eigenvalue weighted by atomic mass is 9.84. The van der Waals surface area contributed by atoms with Crippen molar-refractivity contribution < 1.29 is 23.8 Å². The number of rotatable bonds is 17. The molecule has 0 saturated carbocycles. The Hall–Kier alpha value is -2.64. The summed E-state index contributed by atoms with van der Waals surface area (Å²) in [5, 5.41) is 3.62. The highest BCUT2D eigenvalue weighted by Crippen LogP contribution is 2.33. The van der Waals surface area contributed by atoms with Crippen molar-refractivity contribution in [2.45, 2.75) is 80.1 Å². The molecule has 1 aromatic rings. The van der Waals surface area contributed by atoms with Gasteiger partial charge in [-0.2, -0.15) is 5.11 Å². The van der Waals surface area contributed by atoms with Gasteiger partial charge in [-0.1, -0.05) is 27.7 Å². The van der Waals surface area contributed by atoms with Gasteiger partial charge in [0.25, 0.3) is 0 Å². The molecule has 0 aromatic heterocycles. The molecule has 8 nitrogen and oxygen atoms in total. The second-order valence-electron chi connectivity index (χ2n) is 10.1. The predicted octanol–water partition coefficient (Wildman–Crippen LogP) is 6.68. The second kappa shape index (κ2) is 16.1. The Morgan fingerprint density at radius 3 is 2.09 bits per heavy atom. The number of nitrogens with one attached hydrogen (secondary N) is 1. The molecule has 0 aliphatic rings. The van der Waals surface area contributed by atoms with Crippen molar-refractivity contribution in [2.75, 3.05) is 37.8 Å². The smallest absolute Gasteiger partial charge is 0.305 e. The molecule has 1 atom stereocenters. The van der Waals surface area contributed by atoms with Crippen molar-refractivity contribution in [3.05, 3.63) is 18.2 Å². The second-order valence-corrected chi connectivity index (χ2v) is 10.1. The van der Waals surface area contributed by atoms with Gasteiger partial charge in [0.05, 0.1) is 19.8 Å². The molecule has 8 heteroatoms. The summed E-state index contributed by atoms with van der Waals surface area (Å²) >= 11 is 0. The van der Waals surface area contributed by atoms with E-state index >= 15 is 0 Å². The van der Waals surface area contributed by atoms with Crippen molar-refractivity contribution in [3.63, 3.8) is 0 Å². The number of esters is 2. The molecule has 35 heavy (non-hydrogen) atoms. The number of carbonyl (C=O) groups excluding carboxylic acids is 2. The highest BCUT2D eigenvalue weighted by atomic mass is 16.5. The van der Waals surface area contributed by atoms with Crippen LogP contribution in [0.1, 0.15) is 80.1 Å². The van der Waals surface area contributed by atoms with Crippen LogP contribution in [0.25, 0.3) is 0 Å². The van der Waals surface area contributed by atoms with E-state index in [-0.39, 0.29) is 17.4 Å². The zero-order valence-corrected chi connectivity index (χ0v) is 22.5. The van der Waals surface area contributed by atoms with Crippen LogP contribution >= 0.6 is 0 Å². The van der Waals surface area contributed by atoms with E-state index < -0.39 is 0 Å². The third kappa shape index (κ3) is 13.1. The molecule has 1 rings (SSSR count). The molecular weight excluding hydrogens is 446 g/mol. The Morgan fingerprint density at radius 1 is 1.03 bits per heavy atom. The lowest BCUT2D eigenvalue weighted by Gasteiger charge is -2.26. The summed E-state index contributed by atoms with van der Waals surface area (Å²) < 4.78 is 16.1. The van der Waals surface area contributed by atoms with Gasteiger partial charge in [0.15, 0.2) is 0 Å². The first-order valence-electron chi connectivity index (χ1n) is 12.8. The molecule has 0 aliphatic carbocycles. The maximum Gasteiger partial charge on any atom is 0.305 e. The third-order valence-corrected chi connectivity index (χ3v) is 5.49. The maximum atomic E-state index is 11.8. The van der Waals surface area contributed by atoms with E-state index in [2.05, 4.69) is 37.7 Å². The van der Waals surface area contributed by atoms with Gasteiger partial charge >= 0.3 is 11.9 Å². The number of hydrogen-bond donors (Lipinski definition) is 1. The van der Waals surface area contributed by atoms with Crippen LogP contribution in [0.15, 0.2) is 23.3 Å². The number of anilines is 1. The molecule has 1 N–H and O–H groups in total. The molecule has 0 spiro atoms. The number of carbonyl (C=O) groups is 2. The van der Waals surface area contributed by atoms with Gasteiger partial charge in [0, 0.05) is 37.7 Å². The summed E-state index contributed by atoms with van der Waals surface area (Å²) in [5.41, 5.74) is 9.18. The van der Waals surface area contributed by atoms with Gasteiger partial charge in [0.1, 0.15) is 11.4 Å². The number of benzene rings is 1. The predicted molar refractivity (Wildman–Crippen MR) is 139 cm³/mol. The summed E-state index contributed by atoms with van der Waals surface area (Å²) in [7, 11) is 0. The summed E-state index contributed by atoms with van der Waals surface area (Å²) in [5.74, 6) is 0.671. The van der Waals surface area contributed by atoms with E-state index in [4.69, 9.17) is 19.7 Å². The standard InChI is InChI=1S/C27H45N3O5/c1-7-33-25(31)11-9-16-30(17-10-12-26(32)34-8-2)22-13-14-23(29-28)24(19-22)35-18-15-21(3)20-27(4,5)6/h13-14,19,21,28H,7-12,15-18,20H2,1-6H3. The zero-order valence-electron chi connectivity index (χ0n) is 22.5. The molecule has 0 amide bonds. The van der Waals surface area contributed by atoms with E-state index in [1.54, 1.807) is 19.9 Å². The van der Waals surface area contributed by atoms with Crippen LogP contribution in [0.4, 0.5) is 11.4 Å². The van der Waals surface area contributed by atoms with Crippen LogP contribution < -0.4 is 9.64 Å². The van der Waals surface area contributed by atoms with E-state index in [0.717, 1.165) is 18.5 Å². The molecule has 0 radical (unpaired) electrons. The van der Waals surface area contributed by atoms with E-state index in [0.29, 0.717) is 75.9 Å². The molecule has 198 valence electrons. The van der Waals surface area contributed by atoms with Crippen molar-refractivity contribution in [1.82, 2.24) is 0 Å². The summed E-state index contributed by atoms with van der Waals surface area (Å²) in [4.78, 5) is 25.7. The third-order valence-electron chi connectivity index (χ3n) is 5.49. The summed E-state index contributed by atoms with van der Waals surface area (Å²) in [6.07, 6.45) is 3.95. The molecule has 0 saturated heterocycles. The Bertz CT molecular complexity index is 768. The minimum absolute atomic E-state index is 0.212. The first-order valence-corrected chi connectivity index (χ1v) is 12.8. The lowest BCUT2D eigenvalue weighted by Crippen LogP contribution is -2.27. The minimum Gasteiger partial charge on any atom is -0.491 e. The van der Waals surface area contributed by atoms with Crippen LogP contribution in [0.5, 0.6) is 5.75 Å². The molecule has 1 unspecified atom stereocenters. The highest BCUT2D eigenvalue weighted by molar-refractivity contribution is 5.70. The fourth-order valence-electron chi connectivity index (χ4n) is 4.09. The van der Waals surface area contributed by atoms with Crippen LogP contribution in [0, 0.1) is 16.9 Å². The van der Waals surface area contributed by atoms with Crippen molar-refractivity contribution in [2.24, 2.45) is 16.4 Å². The fraction of sp³-hybridized carbons (Fsp3) is 0.704. The van der Waals surface area contributed by atoms with Crippen molar-refractivity contribution in [3.8, 4) is 5.75 Å². The van der Waals surface area contributed by atoms with Gasteiger partial charge < -0.3 is 19.1 Å². The fourth-order valence-corrected chi connectivity index (χ4v) is 4.09. The Kier molecular flexibility index (Phi) is 14.0. The Morgan fingerprint density at radius 2 is 1.60 bits per heavy atom. The molecular formula is C27H45N3O5. The monoisotopic (exact) mass is 491 g/mol. The first kappa shape index (κ1) is 30.4. The van der Waals surface area contributed by atoms with Crippen LogP contribution in [0.3, 0.4) is 0 Å². The van der Waals surface area contributed by atoms with Crippen LogP contribution in [-0.4, -0.2) is 44.8 Å². The summed E-state index contributed by atoms with van der Waals surface area (Å²) in [6, 6.07) is 5.58. The highest BCUT2D eigenvalue weighted by Gasteiger charge is 2.17. The normalized spacial score (nSPS) is 12.1. The molecule has 0 aliphatic heterocycles. The zero-order chi connectivity index (χ0) is 26.3. The van der Waals surface area contributed by atoms with Gasteiger partial charge in [-0.25, -0.2) is 5.53 Å². The molecule has 1 aromatic carbocycles. The van der Waals surface area contributed by atoms with Crippen LogP contribution in [0.2, 0.25) is 0 Å². The quantitative estimate of drug-likeness (QED) is 0.193. The maximum absolute atomic E-state index is 11.8. The lowest BCUT2D eigenvalue weighted by molar-refractivity contribution is -0.144.